The molecule has 7 nitrogen and oxygen atoms in total. The number of nitrogens with zero attached hydrogens (tertiary/aromatic N) is 6. The second kappa shape index (κ2) is 6.49. The Morgan fingerprint density at radius 2 is 2.42 bits per heavy atom. The highest BCUT2D eigenvalue weighted by Gasteiger charge is 2.32. The van der Waals surface area contributed by atoms with Gasteiger partial charge >= 0.3 is 0 Å². The molecule has 0 aliphatic carbocycles. The van der Waals surface area contributed by atoms with Crippen molar-refractivity contribution in [3.05, 3.63) is 15.5 Å². The van der Waals surface area contributed by atoms with Crippen molar-refractivity contribution in [2.75, 3.05) is 18.0 Å². The molecule has 2 rings (SSSR count). The molecule has 1 amide bonds. The zero-order valence-corrected chi connectivity index (χ0v) is 11.6. The number of hydrogen-bond donors (Lipinski definition) is 0. The molecule has 1 aliphatic heterocycles. The molecular formula is C11H16N6OS. The van der Waals surface area contributed by atoms with Gasteiger partial charge in [0.05, 0.1) is 0 Å². The van der Waals surface area contributed by atoms with Crippen LogP contribution in [0.2, 0.25) is 0 Å². The minimum absolute atomic E-state index is 0.0383. The summed E-state index contributed by atoms with van der Waals surface area (Å²) < 4.78 is 0. The molecule has 8 heteroatoms. The number of amides is 1. The Kier molecular flexibility index (Phi) is 4.70. The van der Waals surface area contributed by atoms with Crippen LogP contribution in [0.1, 0.15) is 31.2 Å². The van der Waals surface area contributed by atoms with Crippen LogP contribution in [-0.2, 0) is 11.2 Å². The van der Waals surface area contributed by atoms with Crippen molar-refractivity contribution >= 4 is 22.4 Å². The summed E-state index contributed by atoms with van der Waals surface area (Å²) >= 11 is 1.48. The monoisotopic (exact) mass is 280 g/mol. The Labute approximate surface area is 115 Å². The Morgan fingerprint density at radius 1 is 1.58 bits per heavy atom. The van der Waals surface area contributed by atoms with E-state index in [2.05, 4.69) is 27.1 Å². The van der Waals surface area contributed by atoms with Crippen LogP contribution in [-0.4, -0.2) is 29.2 Å². The number of unbranched alkanes of at least 4 members (excludes halogenated alkanes) is 1. The number of carbonyl (C=O) groups excluding carboxylic acids is 1. The first-order valence-electron chi connectivity index (χ1n) is 6.38. The molecule has 1 fully saturated rings. The van der Waals surface area contributed by atoms with Gasteiger partial charge in [-0.15, -0.1) is 10.2 Å². The van der Waals surface area contributed by atoms with Crippen LogP contribution in [0.15, 0.2) is 5.11 Å². The summed E-state index contributed by atoms with van der Waals surface area (Å²) in [4.78, 5) is 16.3. The Hall–Kier alpha value is -1.66. The van der Waals surface area contributed by atoms with Crippen molar-refractivity contribution < 1.29 is 4.79 Å². The van der Waals surface area contributed by atoms with Gasteiger partial charge in [-0.2, -0.15) is 0 Å². The van der Waals surface area contributed by atoms with Crippen molar-refractivity contribution in [1.29, 1.82) is 0 Å². The van der Waals surface area contributed by atoms with Crippen molar-refractivity contribution in [2.24, 2.45) is 11.0 Å². The predicted molar refractivity (Wildman–Crippen MR) is 73.0 cm³/mol. The van der Waals surface area contributed by atoms with E-state index in [4.69, 9.17) is 5.53 Å². The fourth-order valence-electron chi connectivity index (χ4n) is 2.02. The van der Waals surface area contributed by atoms with E-state index in [1.54, 1.807) is 4.90 Å². The number of aromatic nitrogens is 2. The summed E-state index contributed by atoms with van der Waals surface area (Å²) in [7, 11) is 0. The molecule has 102 valence electrons. The van der Waals surface area contributed by atoms with Gasteiger partial charge in [0, 0.05) is 30.8 Å². The molecular weight excluding hydrogens is 264 g/mol. The van der Waals surface area contributed by atoms with Gasteiger partial charge < -0.3 is 0 Å². The van der Waals surface area contributed by atoms with E-state index < -0.39 is 0 Å². The smallest absolute Gasteiger partial charge is 0.229 e. The molecule has 1 unspecified atom stereocenters. The maximum Gasteiger partial charge on any atom is 0.229 e. The zero-order valence-electron chi connectivity index (χ0n) is 10.8. The number of rotatable bonds is 6. The molecule has 1 aliphatic rings. The lowest BCUT2D eigenvalue weighted by atomic mass is 10.1. The summed E-state index contributed by atoms with van der Waals surface area (Å²) in [5, 5.41) is 13.4. The average molecular weight is 280 g/mol. The van der Waals surface area contributed by atoms with E-state index >= 15 is 0 Å². The van der Waals surface area contributed by atoms with Crippen LogP contribution >= 0.6 is 11.3 Å². The van der Waals surface area contributed by atoms with Gasteiger partial charge in [0.25, 0.3) is 0 Å². The third kappa shape index (κ3) is 3.42. The second-order valence-corrected chi connectivity index (χ2v) is 5.61. The molecule has 0 spiro atoms. The predicted octanol–water partition coefficient (Wildman–Crippen LogP) is 2.54. The minimum atomic E-state index is 0.0383. The first-order valence-corrected chi connectivity index (χ1v) is 7.19. The number of hydrogen-bond acceptors (Lipinski definition) is 5. The standard InChI is InChI=1S/C11H16N6OS/c1-2-3-4-9-14-15-11(19-9)17-7-8(5-10(17)18)6-13-16-12/h8H,2-7H2,1H3. The maximum absolute atomic E-state index is 11.9. The Bertz CT molecular complexity index is 495. The average Bonchev–Trinajstić information content (AvgIpc) is 3.00. The van der Waals surface area contributed by atoms with E-state index in [9.17, 15) is 4.79 Å². The molecule has 0 saturated carbocycles. The second-order valence-electron chi connectivity index (χ2n) is 4.57. The Morgan fingerprint density at radius 3 is 3.16 bits per heavy atom. The first kappa shape index (κ1) is 13.8. The molecule has 0 radical (unpaired) electrons. The number of carbonyl (C=O) groups is 1. The summed E-state index contributed by atoms with van der Waals surface area (Å²) in [6.45, 7) is 3.06. The van der Waals surface area contributed by atoms with Crippen LogP contribution in [0.3, 0.4) is 0 Å². The Balaban J connectivity index is 1.99. The molecule has 2 heterocycles. The quantitative estimate of drug-likeness (QED) is 0.455. The van der Waals surface area contributed by atoms with Crippen LogP contribution in [0.25, 0.3) is 10.4 Å². The molecule has 0 bridgehead atoms. The number of anilines is 1. The summed E-state index contributed by atoms with van der Waals surface area (Å²) in [5.41, 5.74) is 8.30. The molecule has 19 heavy (non-hydrogen) atoms. The highest BCUT2D eigenvalue weighted by molar-refractivity contribution is 7.15. The SMILES string of the molecule is CCCCc1nnc(N2CC(CN=[N+]=[N-])CC2=O)s1. The van der Waals surface area contributed by atoms with Crippen molar-refractivity contribution in [3.63, 3.8) is 0 Å². The van der Waals surface area contributed by atoms with Gasteiger partial charge in [-0.3, -0.25) is 9.69 Å². The van der Waals surface area contributed by atoms with E-state index in [1.165, 1.54) is 11.3 Å². The van der Waals surface area contributed by atoms with Crippen LogP contribution in [0, 0.1) is 5.92 Å². The maximum atomic E-state index is 11.9. The van der Waals surface area contributed by atoms with Gasteiger partial charge in [-0.05, 0) is 17.9 Å². The molecule has 1 saturated heterocycles. The van der Waals surface area contributed by atoms with Crippen molar-refractivity contribution in [2.45, 2.75) is 32.6 Å². The molecule has 0 N–H and O–H groups in total. The first-order chi connectivity index (χ1) is 9.24. The lowest BCUT2D eigenvalue weighted by molar-refractivity contribution is -0.117. The lowest BCUT2D eigenvalue weighted by Gasteiger charge is -2.10. The topological polar surface area (TPSA) is 94.8 Å². The third-order valence-electron chi connectivity index (χ3n) is 3.04. The van der Waals surface area contributed by atoms with Crippen molar-refractivity contribution in [3.8, 4) is 0 Å². The summed E-state index contributed by atoms with van der Waals surface area (Å²) in [6.07, 6.45) is 3.54. The lowest BCUT2D eigenvalue weighted by Crippen LogP contribution is -2.24. The molecule has 1 aromatic rings. The van der Waals surface area contributed by atoms with E-state index in [0.29, 0.717) is 24.6 Å². The fraction of sp³-hybridized carbons (Fsp3) is 0.727. The molecule has 0 aromatic carbocycles. The summed E-state index contributed by atoms with van der Waals surface area (Å²) in [5.74, 6) is 0.128. The fourth-order valence-corrected chi connectivity index (χ4v) is 2.93. The van der Waals surface area contributed by atoms with Crippen LogP contribution < -0.4 is 4.90 Å². The normalized spacial score (nSPS) is 18.7. The van der Waals surface area contributed by atoms with Crippen LogP contribution in [0.4, 0.5) is 5.13 Å². The largest absolute Gasteiger partial charge is 0.286 e. The van der Waals surface area contributed by atoms with E-state index in [-0.39, 0.29) is 11.8 Å². The third-order valence-corrected chi connectivity index (χ3v) is 4.05. The number of aryl methyl sites for hydroxylation is 1. The highest BCUT2D eigenvalue weighted by Crippen LogP contribution is 2.28. The van der Waals surface area contributed by atoms with Gasteiger partial charge in [0.1, 0.15) is 5.01 Å². The van der Waals surface area contributed by atoms with Crippen LogP contribution in [0.5, 0.6) is 0 Å². The molecule has 1 atom stereocenters. The highest BCUT2D eigenvalue weighted by atomic mass is 32.1. The van der Waals surface area contributed by atoms with Gasteiger partial charge in [0.2, 0.25) is 11.0 Å². The van der Waals surface area contributed by atoms with Crippen molar-refractivity contribution in [1.82, 2.24) is 10.2 Å². The van der Waals surface area contributed by atoms with Gasteiger partial charge in [0.15, 0.2) is 0 Å². The minimum Gasteiger partial charge on any atom is -0.286 e. The van der Waals surface area contributed by atoms with E-state index in [1.807, 2.05) is 0 Å². The van der Waals surface area contributed by atoms with E-state index in [0.717, 1.165) is 24.3 Å². The van der Waals surface area contributed by atoms with Gasteiger partial charge in [-0.1, -0.05) is 29.8 Å². The van der Waals surface area contributed by atoms with Gasteiger partial charge in [-0.25, -0.2) is 0 Å². The molecule has 1 aromatic heterocycles. The zero-order chi connectivity index (χ0) is 13.7. The summed E-state index contributed by atoms with van der Waals surface area (Å²) in [6, 6.07) is 0. The number of azide groups is 1.